The van der Waals surface area contributed by atoms with Gasteiger partial charge in [-0.05, 0) is 0 Å². The second kappa shape index (κ2) is 3.13. The highest BCUT2D eigenvalue weighted by molar-refractivity contribution is 4.69. The molecule has 1 rings (SSSR count). The van der Waals surface area contributed by atoms with E-state index in [0.717, 1.165) is 0 Å². The van der Waals surface area contributed by atoms with Crippen LogP contribution in [0.15, 0.2) is 0 Å². The Morgan fingerprint density at radius 2 is 2.44 bits per heavy atom. The smallest absolute Gasteiger partial charge is 0.105 e. The third kappa shape index (κ3) is 1.91. The first-order valence-electron chi connectivity index (χ1n) is 3.19. The van der Waals surface area contributed by atoms with Gasteiger partial charge in [0.1, 0.15) is 6.17 Å². The number of aliphatic hydroxyl groups is 1. The number of hydrogen-bond acceptors (Lipinski definition) is 2. The molecule has 0 aliphatic carbocycles. The highest BCUT2D eigenvalue weighted by atomic mass is 19.1. The van der Waals surface area contributed by atoms with Gasteiger partial charge >= 0.3 is 0 Å². The summed E-state index contributed by atoms with van der Waals surface area (Å²) in [7, 11) is 0. The third-order valence-corrected chi connectivity index (χ3v) is 1.51. The molecule has 0 aromatic rings. The Hall–Kier alpha value is -0.150. The Morgan fingerprint density at radius 3 is 2.89 bits per heavy atom. The predicted molar refractivity (Wildman–Crippen MR) is 31.0 cm³/mol. The molecule has 0 amide bonds. The quantitative estimate of drug-likeness (QED) is 0.565. The van der Waals surface area contributed by atoms with Crippen LogP contribution < -0.4 is 0 Å². The summed E-state index contributed by atoms with van der Waals surface area (Å²) in [4.78, 5) is 0. The first-order valence-corrected chi connectivity index (χ1v) is 3.19. The fourth-order valence-corrected chi connectivity index (χ4v) is 0.961. The molecular weight excluding hydrogens is 123 g/mol. The van der Waals surface area contributed by atoms with Crippen LogP contribution in [0.2, 0.25) is 0 Å². The van der Waals surface area contributed by atoms with Crippen molar-refractivity contribution in [2.75, 3.05) is 13.2 Å². The van der Waals surface area contributed by atoms with Gasteiger partial charge in [0, 0.05) is 19.4 Å². The maximum Gasteiger partial charge on any atom is 0.105 e. The van der Waals surface area contributed by atoms with Gasteiger partial charge in [0.2, 0.25) is 0 Å². The van der Waals surface area contributed by atoms with E-state index >= 15 is 0 Å². The van der Waals surface area contributed by atoms with Crippen molar-refractivity contribution in [3.05, 3.63) is 0 Å². The zero-order chi connectivity index (χ0) is 6.69. The summed E-state index contributed by atoms with van der Waals surface area (Å²) >= 11 is 0. The maximum atomic E-state index is 12.4. The first-order chi connectivity index (χ1) is 4.33. The van der Waals surface area contributed by atoms with E-state index in [9.17, 15) is 4.39 Å². The lowest BCUT2D eigenvalue weighted by atomic mass is 10.1. The summed E-state index contributed by atoms with van der Waals surface area (Å²) in [5, 5.41) is 8.52. The van der Waals surface area contributed by atoms with E-state index < -0.39 is 6.17 Å². The molecule has 1 aliphatic rings. The summed E-state index contributed by atoms with van der Waals surface area (Å²) in [5.74, 6) is 0. The van der Waals surface area contributed by atoms with Crippen LogP contribution in [0.1, 0.15) is 12.8 Å². The molecule has 1 fully saturated rings. The molecule has 0 unspecified atom stereocenters. The van der Waals surface area contributed by atoms with Gasteiger partial charge in [-0.2, -0.15) is 0 Å². The van der Waals surface area contributed by atoms with Gasteiger partial charge in [-0.1, -0.05) is 0 Å². The molecule has 1 saturated heterocycles. The van der Waals surface area contributed by atoms with E-state index in [-0.39, 0.29) is 12.7 Å². The molecule has 9 heavy (non-hydrogen) atoms. The van der Waals surface area contributed by atoms with Gasteiger partial charge in [-0.15, -0.1) is 0 Å². The number of halogens is 1. The average Bonchev–Trinajstić information content (AvgIpc) is 1.88. The van der Waals surface area contributed by atoms with Crippen LogP contribution in [0, 0.1) is 0 Å². The molecule has 2 atom stereocenters. The van der Waals surface area contributed by atoms with Crippen molar-refractivity contribution in [3.8, 4) is 0 Å². The lowest BCUT2D eigenvalue weighted by molar-refractivity contribution is -0.0441. The minimum Gasteiger partial charge on any atom is -0.394 e. The Balaban J connectivity index is 2.23. The topological polar surface area (TPSA) is 29.5 Å². The lowest BCUT2D eigenvalue weighted by Crippen LogP contribution is -2.29. The zero-order valence-electron chi connectivity index (χ0n) is 5.22. The summed E-state index contributed by atoms with van der Waals surface area (Å²) in [6.07, 6.45) is -0.183. The summed E-state index contributed by atoms with van der Waals surface area (Å²) in [5.41, 5.74) is 0. The van der Waals surface area contributed by atoms with Gasteiger partial charge in [0.05, 0.1) is 12.7 Å². The van der Waals surface area contributed by atoms with E-state index in [4.69, 9.17) is 9.84 Å². The number of aliphatic hydroxyl groups excluding tert-OH is 1. The van der Waals surface area contributed by atoms with Crippen LogP contribution in [0.5, 0.6) is 0 Å². The molecule has 54 valence electrons. The van der Waals surface area contributed by atoms with Crippen LogP contribution in [-0.4, -0.2) is 30.6 Å². The van der Waals surface area contributed by atoms with E-state index in [0.29, 0.717) is 19.4 Å². The van der Waals surface area contributed by atoms with Gasteiger partial charge < -0.3 is 9.84 Å². The van der Waals surface area contributed by atoms with Crippen molar-refractivity contribution in [1.82, 2.24) is 0 Å². The summed E-state index contributed by atoms with van der Waals surface area (Å²) in [6, 6.07) is 0. The van der Waals surface area contributed by atoms with E-state index in [1.165, 1.54) is 0 Å². The normalized spacial score (nSPS) is 36.7. The minimum atomic E-state index is -0.768. The Kier molecular flexibility index (Phi) is 2.42. The Bertz CT molecular complexity index is 87.1. The Morgan fingerprint density at radius 1 is 1.67 bits per heavy atom. The van der Waals surface area contributed by atoms with Crippen LogP contribution in [0.4, 0.5) is 4.39 Å². The molecule has 0 saturated carbocycles. The molecule has 0 spiro atoms. The third-order valence-electron chi connectivity index (χ3n) is 1.51. The number of rotatable bonds is 1. The zero-order valence-corrected chi connectivity index (χ0v) is 5.22. The highest BCUT2D eigenvalue weighted by Crippen LogP contribution is 2.15. The van der Waals surface area contributed by atoms with Gasteiger partial charge in [0.25, 0.3) is 0 Å². The molecule has 1 heterocycles. The van der Waals surface area contributed by atoms with E-state index in [1.807, 2.05) is 0 Å². The molecule has 2 nitrogen and oxygen atoms in total. The average molecular weight is 134 g/mol. The standard InChI is InChI=1S/C6H11FO2/c7-5-1-2-9-6(3-5)4-8/h5-6,8H,1-4H2/t5-,6-/m0/s1. The van der Waals surface area contributed by atoms with E-state index in [2.05, 4.69) is 0 Å². The minimum absolute atomic E-state index is 0.0551. The monoisotopic (exact) mass is 134 g/mol. The Labute approximate surface area is 53.6 Å². The second-order valence-corrected chi connectivity index (χ2v) is 2.30. The van der Waals surface area contributed by atoms with Crippen molar-refractivity contribution in [2.45, 2.75) is 25.1 Å². The number of hydrogen-bond donors (Lipinski definition) is 1. The molecule has 0 aromatic heterocycles. The molecule has 1 aliphatic heterocycles. The SMILES string of the molecule is OC[C@@H]1C[C@@H](F)CCO1. The molecule has 0 aromatic carbocycles. The second-order valence-electron chi connectivity index (χ2n) is 2.30. The van der Waals surface area contributed by atoms with Gasteiger partial charge in [0.15, 0.2) is 0 Å². The van der Waals surface area contributed by atoms with Crippen molar-refractivity contribution in [3.63, 3.8) is 0 Å². The lowest BCUT2D eigenvalue weighted by Gasteiger charge is -2.23. The highest BCUT2D eigenvalue weighted by Gasteiger charge is 2.20. The molecule has 3 heteroatoms. The van der Waals surface area contributed by atoms with Crippen molar-refractivity contribution in [2.24, 2.45) is 0 Å². The van der Waals surface area contributed by atoms with Crippen molar-refractivity contribution >= 4 is 0 Å². The van der Waals surface area contributed by atoms with Gasteiger partial charge in [-0.3, -0.25) is 0 Å². The molecule has 0 radical (unpaired) electrons. The largest absolute Gasteiger partial charge is 0.394 e. The summed E-state index contributed by atoms with van der Waals surface area (Å²) in [6.45, 7) is 0.396. The first kappa shape index (κ1) is 6.96. The number of ether oxygens (including phenoxy) is 1. The number of alkyl halides is 1. The van der Waals surface area contributed by atoms with Crippen LogP contribution in [0.25, 0.3) is 0 Å². The van der Waals surface area contributed by atoms with Crippen LogP contribution in [-0.2, 0) is 4.74 Å². The predicted octanol–water partition coefficient (Wildman–Crippen LogP) is 0.496. The maximum absolute atomic E-state index is 12.4. The fraction of sp³-hybridized carbons (Fsp3) is 1.00. The molecule has 0 bridgehead atoms. The fourth-order valence-electron chi connectivity index (χ4n) is 0.961. The molecule has 1 N–H and O–H groups in total. The van der Waals surface area contributed by atoms with E-state index in [1.54, 1.807) is 0 Å². The van der Waals surface area contributed by atoms with Crippen LogP contribution >= 0.6 is 0 Å². The van der Waals surface area contributed by atoms with Crippen molar-refractivity contribution in [1.29, 1.82) is 0 Å². The van der Waals surface area contributed by atoms with Crippen molar-refractivity contribution < 1.29 is 14.2 Å². The summed E-state index contributed by atoms with van der Waals surface area (Å²) < 4.78 is 17.4. The molecular formula is C6H11FO2. The van der Waals surface area contributed by atoms with Crippen LogP contribution in [0.3, 0.4) is 0 Å². The van der Waals surface area contributed by atoms with Gasteiger partial charge in [-0.25, -0.2) is 4.39 Å².